The van der Waals surface area contributed by atoms with E-state index in [0.29, 0.717) is 12.8 Å². The Balaban J connectivity index is 2.51. The molecule has 1 saturated carbocycles. The second-order valence-electron chi connectivity index (χ2n) is 7.44. The summed E-state index contributed by atoms with van der Waals surface area (Å²) in [6.07, 6.45) is 14.9. The molecule has 0 spiro atoms. The number of esters is 1. The predicted molar refractivity (Wildman–Crippen MR) is 107 cm³/mol. The molecule has 0 aliphatic heterocycles. The number of aliphatic hydroxyl groups is 2. The predicted octanol–water partition coefficient (Wildman–Crippen LogP) is 3.79. The van der Waals surface area contributed by atoms with Crippen LogP contribution in [0.25, 0.3) is 0 Å². The Labute approximate surface area is 164 Å². The SMILES string of the molecule is CCCCCC(C=CC1C(O)CC(O)C1CC=CCCCC(=O)OC)OC. The third kappa shape index (κ3) is 9.04. The van der Waals surface area contributed by atoms with Crippen molar-refractivity contribution in [2.75, 3.05) is 14.2 Å². The summed E-state index contributed by atoms with van der Waals surface area (Å²) in [6, 6.07) is 0. The number of carbonyl (C=O) groups is 1. The molecule has 0 aromatic heterocycles. The van der Waals surface area contributed by atoms with Crippen LogP contribution < -0.4 is 0 Å². The summed E-state index contributed by atoms with van der Waals surface area (Å²) in [5.41, 5.74) is 0. The van der Waals surface area contributed by atoms with Gasteiger partial charge >= 0.3 is 5.97 Å². The van der Waals surface area contributed by atoms with Crippen molar-refractivity contribution in [2.45, 2.75) is 83.0 Å². The molecule has 0 aromatic rings. The minimum absolute atomic E-state index is 0.0151. The van der Waals surface area contributed by atoms with Crippen LogP contribution in [-0.4, -0.2) is 48.7 Å². The zero-order valence-electron chi connectivity index (χ0n) is 17.2. The van der Waals surface area contributed by atoms with Gasteiger partial charge in [0.2, 0.25) is 0 Å². The van der Waals surface area contributed by atoms with E-state index in [0.717, 1.165) is 32.1 Å². The normalized spacial score (nSPS) is 26.9. The molecule has 5 heteroatoms. The maximum atomic E-state index is 11.1. The Morgan fingerprint density at radius 1 is 1.15 bits per heavy atom. The molecule has 0 bridgehead atoms. The fourth-order valence-electron chi connectivity index (χ4n) is 3.68. The van der Waals surface area contributed by atoms with Crippen molar-refractivity contribution in [1.29, 1.82) is 0 Å². The molecular formula is C22H38O5. The quantitative estimate of drug-likeness (QED) is 0.288. The summed E-state index contributed by atoms with van der Waals surface area (Å²) in [6.45, 7) is 2.18. The highest BCUT2D eigenvalue weighted by molar-refractivity contribution is 5.69. The number of aliphatic hydroxyl groups excluding tert-OH is 2. The van der Waals surface area contributed by atoms with Gasteiger partial charge in [0.25, 0.3) is 0 Å². The summed E-state index contributed by atoms with van der Waals surface area (Å²) >= 11 is 0. The van der Waals surface area contributed by atoms with E-state index in [-0.39, 0.29) is 23.9 Å². The molecule has 1 rings (SSSR count). The molecule has 0 heterocycles. The van der Waals surface area contributed by atoms with E-state index in [1.807, 2.05) is 12.2 Å². The van der Waals surface area contributed by atoms with Crippen LogP contribution in [0.3, 0.4) is 0 Å². The van der Waals surface area contributed by atoms with Crippen molar-refractivity contribution in [3.63, 3.8) is 0 Å². The number of ether oxygens (including phenoxy) is 2. The molecule has 5 nitrogen and oxygen atoms in total. The van der Waals surface area contributed by atoms with Crippen LogP contribution in [0.5, 0.6) is 0 Å². The fourth-order valence-corrected chi connectivity index (χ4v) is 3.68. The lowest BCUT2D eigenvalue weighted by Gasteiger charge is -2.20. The average Bonchev–Trinajstić information content (AvgIpc) is 2.93. The Morgan fingerprint density at radius 3 is 2.59 bits per heavy atom. The fraction of sp³-hybridized carbons (Fsp3) is 0.773. The zero-order valence-corrected chi connectivity index (χ0v) is 17.2. The standard InChI is InChI=1S/C22H38O5/c1-4-5-8-11-17(26-2)14-15-19-18(20(23)16-21(19)24)12-9-6-7-10-13-22(25)27-3/h6,9,14-15,17-21,23-24H,4-5,7-8,10-13,16H2,1-3H3. The molecule has 0 amide bonds. The van der Waals surface area contributed by atoms with E-state index >= 15 is 0 Å². The number of hydrogen-bond donors (Lipinski definition) is 2. The molecule has 27 heavy (non-hydrogen) atoms. The van der Waals surface area contributed by atoms with Gasteiger partial charge in [0.1, 0.15) is 0 Å². The molecule has 156 valence electrons. The van der Waals surface area contributed by atoms with Crippen LogP contribution in [0.4, 0.5) is 0 Å². The molecule has 0 saturated heterocycles. The van der Waals surface area contributed by atoms with Crippen LogP contribution in [-0.2, 0) is 14.3 Å². The topological polar surface area (TPSA) is 76.0 Å². The van der Waals surface area contributed by atoms with Crippen molar-refractivity contribution < 1.29 is 24.5 Å². The van der Waals surface area contributed by atoms with E-state index in [2.05, 4.69) is 23.8 Å². The van der Waals surface area contributed by atoms with Crippen LogP contribution in [0.1, 0.15) is 64.7 Å². The Hall–Kier alpha value is -1.17. The first kappa shape index (κ1) is 23.9. The van der Waals surface area contributed by atoms with Gasteiger partial charge < -0.3 is 19.7 Å². The minimum atomic E-state index is -0.512. The van der Waals surface area contributed by atoms with Gasteiger partial charge in [-0.1, -0.05) is 50.5 Å². The number of allylic oxidation sites excluding steroid dienone is 2. The highest BCUT2D eigenvalue weighted by Crippen LogP contribution is 2.36. The summed E-state index contributed by atoms with van der Waals surface area (Å²) in [5.74, 6) is -0.223. The van der Waals surface area contributed by atoms with E-state index in [1.54, 1.807) is 7.11 Å². The molecular weight excluding hydrogens is 344 g/mol. The van der Waals surface area contributed by atoms with Gasteiger partial charge in [-0.05, 0) is 31.6 Å². The molecule has 5 unspecified atom stereocenters. The van der Waals surface area contributed by atoms with Crippen LogP contribution in [0, 0.1) is 11.8 Å². The summed E-state index contributed by atoms with van der Waals surface area (Å²) < 4.78 is 10.1. The van der Waals surface area contributed by atoms with Crippen molar-refractivity contribution in [3.8, 4) is 0 Å². The highest BCUT2D eigenvalue weighted by atomic mass is 16.5. The average molecular weight is 383 g/mol. The Bertz CT molecular complexity index is 460. The Kier molecular flexibility index (Phi) is 12.3. The van der Waals surface area contributed by atoms with Crippen molar-refractivity contribution in [3.05, 3.63) is 24.3 Å². The van der Waals surface area contributed by atoms with Crippen LogP contribution in [0.15, 0.2) is 24.3 Å². The first-order valence-corrected chi connectivity index (χ1v) is 10.3. The molecule has 0 radical (unpaired) electrons. The largest absolute Gasteiger partial charge is 0.469 e. The summed E-state index contributed by atoms with van der Waals surface area (Å²) in [4.78, 5) is 11.1. The third-order valence-corrected chi connectivity index (χ3v) is 5.41. The van der Waals surface area contributed by atoms with Crippen molar-refractivity contribution in [2.24, 2.45) is 11.8 Å². The van der Waals surface area contributed by atoms with Crippen molar-refractivity contribution >= 4 is 5.97 Å². The van der Waals surface area contributed by atoms with Crippen LogP contribution in [0.2, 0.25) is 0 Å². The lowest BCUT2D eigenvalue weighted by atomic mass is 9.89. The lowest BCUT2D eigenvalue weighted by molar-refractivity contribution is -0.140. The molecule has 0 aromatic carbocycles. The number of hydrogen-bond acceptors (Lipinski definition) is 5. The van der Waals surface area contributed by atoms with E-state index in [1.165, 1.54) is 20.0 Å². The third-order valence-electron chi connectivity index (χ3n) is 5.41. The van der Waals surface area contributed by atoms with Gasteiger partial charge in [0.15, 0.2) is 0 Å². The van der Waals surface area contributed by atoms with E-state index < -0.39 is 12.2 Å². The number of rotatable bonds is 13. The second kappa shape index (κ2) is 13.9. The maximum absolute atomic E-state index is 11.1. The van der Waals surface area contributed by atoms with Gasteiger partial charge in [0, 0.05) is 25.9 Å². The van der Waals surface area contributed by atoms with Crippen molar-refractivity contribution in [1.82, 2.24) is 0 Å². The van der Waals surface area contributed by atoms with Crippen LogP contribution >= 0.6 is 0 Å². The molecule has 1 fully saturated rings. The Morgan fingerprint density at radius 2 is 1.93 bits per heavy atom. The van der Waals surface area contributed by atoms with Gasteiger partial charge in [-0.2, -0.15) is 0 Å². The van der Waals surface area contributed by atoms with Gasteiger partial charge in [0.05, 0.1) is 25.4 Å². The maximum Gasteiger partial charge on any atom is 0.305 e. The number of methoxy groups -OCH3 is 2. The first-order valence-electron chi connectivity index (χ1n) is 10.3. The van der Waals surface area contributed by atoms with Gasteiger partial charge in [-0.15, -0.1) is 0 Å². The highest BCUT2D eigenvalue weighted by Gasteiger charge is 2.39. The van der Waals surface area contributed by atoms with E-state index in [4.69, 9.17) is 4.74 Å². The second-order valence-corrected chi connectivity index (χ2v) is 7.44. The smallest absolute Gasteiger partial charge is 0.305 e. The molecule has 1 aliphatic carbocycles. The summed E-state index contributed by atoms with van der Waals surface area (Å²) in [5, 5.41) is 20.6. The first-order chi connectivity index (χ1) is 13.0. The zero-order chi connectivity index (χ0) is 20.1. The van der Waals surface area contributed by atoms with Gasteiger partial charge in [-0.3, -0.25) is 4.79 Å². The molecule has 1 aliphatic rings. The van der Waals surface area contributed by atoms with Gasteiger partial charge in [-0.25, -0.2) is 0 Å². The number of carbonyl (C=O) groups excluding carboxylic acids is 1. The minimum Gasteiger partial charge on any atom is -0.469 e. The number of unbranched alkanes of at least 4 members (excludes halogenated alkanes) is 3. The monoisotopic (exact) mass is 382 g/mol. The molecule has 2 N–H and O–H groups in total. The molecule has 5 atom stereocenters. The van der Waals surface area contributed by atoms with E-state index in [9.17, 15) is 15.0 Å². The summed E-state index contributed by atoms with van der Waals surface area (Å²) in [7, 11) is 3.12. The lowest BCUT2D eigenvalue weighted by Crippen LogP contribution is -2.20.